The van der Waals surface area contributed by atoms with Crippen LogP contribution in [0.5, 0.6) is 0 Å². The molecule has 6 heteroatoms. The number of aromatic nitrogens is 2. The normalized spacial score (nSPS) is 19.4. The number of hydrogen-bond acceptors (Lipinski definition) is 4. The van der Waals surface area contributed by atoms with E-state index in [0.717, 1.165) is 33.9 Å². The van der Waals surface area contributed by atoms with E-state index in [1.54, 1.807) is 0 Å². The second-order valence-corrected chi connectivity index (χ2v) is 15.5. The fourth-order valence-electron chi connectivity index (χ4n) is 9.41. The lowest BCUT2D eigenvalue weighted by Gasteiger charge is -2.44. The first-order valence-electron chi connectivity index (χ1n) is 20.0. The molecule has 4 atom stereocenters. The van der Waals surface area contributed by atoms with Gasteiger partial charge in [0, 0.05) is 39.7 Å². The van der Waals surface area contributed by atoms with Gasteiger partial charge in [0.25, 0.3) is 0 Å². The Morgan fingerprint density at radius 2 is 1.29 bits per heavy atom. The second kappa shape index (κ2) is 13.2. The number of amidine groups is 1. The van der Waals surface area contributed by atoms with Crippen LogP contribution in [0.1, 0.15) is 40.5 Å². The molecule has 0 spiro atoms. The molecule has 0 radical (unpaired) electrons. The van der Waals surface area contributed by atoms with Crippen molar-refractivity contribution in [2.75, 3.05) is 4.90 Å². The lowest BCUT2D eigenvalue weighted by Crippen LogP contribution is -2.40. The number of rotatable bonds is 5. The smallest absolute Gasteiger partial charge is 0.126 e. The van der Waals surface area contributed by atoms with Crippen LogP contribution in [0.15, 0.2) is 187 Å². The number of hydrogen-bond donors (Lipinski definition) is 1. The van der Waals surface area contributed by atoms with Gasteiger partial charge in [0.15, 0.2) is 0 Å². The fourth-order valence-corrected chi connectivity index (χ4v) is 9.41. The van der Waals surface area contributed by atoms with Gasteiger partial charge in [0.1, 0.15) is 5.84 Å². The van der Waals surface area contributed by atoms with Crippen LogP contribution in [0.3, 0.4) is 0 Å². The van der Waals surface area contributed by atoms with Gasteiger partial charge < -0.3 is 20.1 Å². The largest absolute Gasteiger partial charge is 0.613 e. The Balaban J connectivity index is 0.988. The quantitative estimate of drug-likeness (QED) is 0.191. The van der Waals surface area contributed by atoms with Gasteiger partial charge in [-0.25, -0.2) is 0 Å². The summed E-state index contributed by atoms with van der Waals surface area (Å²) in [7, 11) is 0. The number of nitrogens with one attached hydrogen (secondary N) is 1. The molecule has 6 nitrogen and oxygen atoms in total. The molecule has 2 aromatic heterocycles. The summed E-state index contributed by atoms with van der Waals surface area (Å²) in [5.41, 5.74) is 8.97. The van der Waals surface area contributed by atoms with Crippen LogP contribution in [0, 0.1) is 0 Å². The first kappa shape index (κ1) is 32.9. The molecule has 0 saturated heterocycles. The van der Waals surface area contributed by atoms with Crippen molar-refractivity contribution in [2.45, 2.75) is 24.3 Å². The Kier molecular flexibility index (Phi) is 7.46. The van der Waals surface area contributed by atoms with Crippen molar-refractivity contribution < 1.29 is 0 Å². The molecular formula is C52H37N6-. The van der Waals surface area contributed by atoms with Crippen LogP contribution >= 0.6 is 0 Å². The van der Waals surface area contributed by atoms with Gasteiger partial charge in [0.2, 0.25) is 0 Å². The molecule has 4 unspecified atom stereocenters. The first-order valence-corrected chi connectivity index (χ1v) is 20.0. The molecule has 1 N–H and O–H groups in total. The summed E-state index contributed by atoms with van der Waals surface area (Å²) in [6, 6.07) is 60.7. The molecule has 9 aromatic rings. The first-order chi connectivity index (χ1) is 28.7. The van der Waals surface area contributed by atoms with Gasteiger partial charge in [-0.1, -0.05) is 140 Å². The monoisotopic (exact) mass is 745 g/mol. The van der Waals surface area contributed by atoms with Gasteiger partial charge >= 0.3 is 0 Å². The summed E-state index contributed by atoms with van der Waals surface area (Å²) in [5, 5.41) is 17.6. The Hall–Kier alpha value is -7.28. The number of para-hydroxylation sites is 3. The number of benzene rings is 7. The number of anilines is 2. The molecule has 58 heavy (non-hydrogen) atoms. The minimum atomic E-state index is -0.477. The topological polar surface area (TPSA) is 59.6 Å². The SMILES string of the molecule is C1=c2c(n(-c3ccccc3)c3ccccc23)=CC2C1c1ccccc1N2c1cncc(C2N=C(c3ccc4ccccc4c3)NC(c3ccc4ccccc4c3)[N-]2)c1. The molecule has 0 bridgehead atoms. The third-order valence-corrected chi connectivity index (χ3v) is 12.1. The van der Waals surface area contributed by atoms with Crippen molar-refractivity contribution in [3.63, 3.8) is 0 Å². The summed E-state index contributed by atoms with van der Waals surface area (Å²) in [4.78, 5) is 12.7. The predicted octanol–water partition coefficient (Wildman–Crippen LogP) is 10.3. The zero-order valence-corrected chi connectivity index (χ0v) is 31.5. The zero-order chi connectivity index (χ0) is 38.2. The molecule has 3 aliphatic rings. The molecule has 0 amide bonds. The van der Waals surface area contributed by atoms with Crippen molar-refractivity contribution in [1.82, 2.24) is 14.9 Å². The molecule has 7 aromatic carbocycles. The van der Waals surface area contributed by atoms with Crippen LogP contribution < -0.4 is 20.8 Å². The second-order valence-electron chi connectivity index (χ2n) is 15.5. The highest BCUT2D eigenvalue weighted by molar-refractivity contribution is 6.03. The van der Waals surface area contributed by atoms with E-state index in [0.29, 0.717) is 0 Å². The zero-order valence-electron chi connectivity index (χ0n) is 31.5. The maximum Gasteiger partial charge on any atom is 0.126 e. The van der Waals surface area contributed by atoms with E-state index in [-0.39, 0.29) is 18.1 Å². The molecular weight excluding hydrogens is 709 g/mol. The highest BCUT2D eigenvalue weighted by atomic mass is 15.3. The summed E-state index contributed by atoms with van der Waals surface area (Å²) in [6.07, 6.45) is 8.11. The number of nitrogens with zero attached hydrogens (tertiary/aromatic N) is 5. The van der Waals surface area contributed by atoms with E-state index in [2.05, 4.69) is 197 Å². The van der Waals surface area contributed by atoms with Crippen molar-refractivity contribution in [3.05, 3.63) is 220 Å². The molecule has 4 heterocycles. The summed E-state index contributed by atoms with van der Waals surface area (Å²) >= 11 is 0. The van der Waals surface area contributed by atoms with E-state index < -0.39 is 6.17 Å². The van der Waals surface area contributed by atoms with Crippen LogP contribution in [-0.4, -0.2) is 21.4 Å². The van der Waals surface area contributed by atoms with Crippen molar-refractivity contribution in [1.29, 1.82) is 0 Å². The Bertz CT molecular complexity index is 3240. The highest BCUT2D eigenvalue weighted by Gasteiger charge is 2.39. The Morgan fingerprint density at radius 3 is 2.16 bits per heavy atom. The number of pyridine rings is 1. The maximum absolute atomic E-state index is 5.39. The van der Waals surface area contributed by atoms with Gasteiger partial charge in [-0.15, -0.1) is 0 Å². The van der Waals surface area contributed by atoms with Crippen LogP contribution in [0.4, 0.5) is 11.4 Å². The van der Waals surface area contributed by atoms with Crippen molar-refractivity contribution >= 4 is 61.8 Å². The van der Waals surface area contributed by atoms with Gasteiger partial charge in [-0.3, -0.25) is 9.98 Å². The van der Waals surface area contributed by atoms with Crippen LogP contribution in [0.2, 0.25) is 0 Å². The average Bonchev–Trinajstić information content (AvgIpc) is 3.80. The molecule has 276 valence electrons. The third kappa shape index (κ3) is 5.30. The highest BCUT2D eigenvalue weighted by Crippen LogP contribution is 2.48. The molecule has 0 fully saturated rings. The van der Waals surface area contributed by atoms with Gasteiger partial charge in [0.05, 0.1) is 28.8 Å². The van der Waals surface area contributed by atoms with E-state index >= 15 is 0 Å². The van der Waals surface area contributed by atoms with Crippen LogP contribution in [0.25, 0.3) is 55.6 Å². The molecule has 0 saturated carbocycles. The third-order valence-electron chi connectivity index (χ3n) is 12.1. The fraction of sp³-hybridized carbons (Fsp3) is 0.0769. The minimum absolute atomic E-state index is 0.0423. The van der Waals surface area contributed by atoms with Crippen molar-refractivity contribution in [3.8, 4) is 5.69 Å². The maximum atomic E-state index is 5.39. The minimum Gasteiger partial charge on any atom is -0.613 e. The van der Waals surface area contributed by atoms with Crippen LogP contribution in [-0.2, 0) is 0 Å². The summed E-state index contributed by atoms with van der Waals surface area (Å²) in [5.74, 6) is 0.984. The van der Waals surface area contributed by atoms with Gasteiger partial charge in [-0.2, -0.15) is 0 Å². The lowest BCUT2D eigenvalue weighted by molar-refractivity contribution is 0.630. The number of aliphatic imine (C=N–C) groups is 1. The number of fused-ring (bicyclic) bond motifs is 8. The lowest BCUT2D eigenvalue weighted by atomic mass is 9.90. The summed E-state index contributed by atoms with van der Waals surface area (Å²) in [6.45, 7) is 0. The standard InChI is InChI=1S/C52H37N6/c1-2-16-40(17-3-1)57-46-20-10-8-18-42(46)44-29-45-43-19-9-11-21-47(43)58(49(45)30-48(44)57)41-28-39(31-53-32-41)52-55-50(37-24-22-33-12-4-6-14-35(33)26-37)54-51(56-52)38-25-23-34-13-5-7-15-36(34)27-38/h1-32,45,49-50,52H,(H,54,56)/q-1. The van der Waals surface area contributed by atoms with E-state index in [9.17, 15) is 0 Å². The van der Waals surface area contributed by atoms with Gasteiger partial charge in [-0.05, 0) is 93.0 Å². The molecule has 2 aliphatic heterocycles. The average molecular weight is 746 g/mol. The Labute approximate surface area is 335 Å². The van der Waals surface area contributed by atoms with E-state index in [4.69, 9.17) is 15.3 Å². The molecule has 1 aliphatic carbocycles. The molecule has 12 rings (SSSR count). The Morgan fingerprint density at radius 1 is 0.569 bits per heavy atom. The van der Waals surface area contributed by atoms with E-state index in [1.807, 2.05) is 12.4 Å². The predicted molar refractivity (Wildman–Crippen MR) is 237 cm³/mol. The van der Waals surface area contributed by atoms with E-state index in [1.165, 1.54) is 54.3 Å². The summed E-state index contributed by atoms with van der Waals surface area (Å²) < 4.78 is 2.41. The van der Waals surface area contributed by atoms with Crippen molar-refractivity contribution in [2.24, 2.45) is 4.99 Å².